The van der Waals surface area contributed by atoms with Crippen molar-refractivity contribution >= 4 is 33.4 Å². The van der Waals surface area contributed by atoms with Crippen molar-refractivity contribution in [1.29, 1.82) is 0 Å². The summed E-state index contributed by atoms with van der Waals surface area (Å²) in [5.74, 6) is 1.02. The number of pyridine rings is 1. The maximum Gasteiger partial charge on any atom is 0.197 e. The fourth-order valence-electron chi connectivity index (χ4n) is 2.54. The van der Waals surface area contributed by atoms with E-state index in [1.54, 1.807) is 37.4 Å². The first-order valence-electron chi connectivity index (χ1n) is 7.10. The molecule has 0 aliphatic carbocycles. The quantitative estimate of drug-likeness (QED) is 0.574. The molecule has 0 spiro atoms. The smallest absolute Gasteiger partial charge is 0.197 e. The number of benzene rings is 2. The van der Waals surface area contributed by atoms with Crippen LogP contribution in [0.4, 0.5) is 0 Å². The van der Waals surface area contributed by atoms with Crippen molar-refractivity contribution in [2.75, 3.05) is 27.4 Å². The monoisotopic (exact) mass is 333 g/mol. The number of nitrogens with one attached hydrogen (secondary N) is 1. The highest BCUT2D eigenvalue weighted by atomic mass is 35.5. The molecule has 1 heterocycles. The summed E-state index contributed by atoms with van der Waals surface area (Å²) < 4.78 is 16.0. The summed E-state index contributed by atoms with van der Waals surface area (Å²) >= 11 is 6.15. The molecule has 0 atom stereocenters. The van der Waals surface area contributed by atoms with E-state index in [1.165, 1.54) is 7.11 Å². The summed E-state index contributed by atoms with van der Waals surface area (Å²) in [7, 11) is 3.12. The highest BCUT2D eigenvalue weighted by Crippen LogP contribution is 2.33. The Morgan fingerprint density at radius 3 is 2.57 bits per heavy atom. The summed E-state index contributed by atoms with van der Waals surface area (Å²) in [5, 5.41) is 1.51. The molecule has 23 heavy (non-hydrogen) atoms. The van der Waals surface area contributed by atoms with Gasteiger partial charge in [-0.05, 0) is 24.3 Å². The number of halogens is 1. The zero-order valence-electron chi connectivity index (χ0n) is 12.8. The number of fused-ring (bicyclic) bond motifs is 2. The third-order valence-electron chi connectivity index (χ3n) is 3.62. The number of rotatable bonds is 5. The summed E-state index contributed by atoms with van der Waals surface area (Å²) in [6.07, 6.45) is 0. The molecule has 0 aliphatic rings. The van der Waals surface area contributed by atoms with Crippen LogP contribution in [0, 0.1) is 0 Å². The van der Waals surface area contributed by atoms with Crippen molar-refractivity contribution in [3.8, 4) is 11.5 Å². The van der Waals surface area contributed by atoms with Crippen LogP contribution in [0.5, 0.6) is 11.5 Å². The number of hydrogen-bond donors (Lipinski definition) is 1. The van der Waals surface area contributed by atoms with E-state index in [0.29, 0.717) is 51.5 Å². The second-order valence-corrected chi connectivity index (χ2v) is 5.38. The van der Waals surface area contributed by atoms with Crippen molar-refractivity contribution in [2.24, 2.45) is 0 Å². The van der Waals surface area contributed by atoms with Gasteiger partial charge < -0.3 is 19.2 Å². The van der Waals surface area contributed by atoms with E-state index in [-0.39, 0.29) is 5.43 Å². The van der Waals surface area contributed by atoms with Gasteiger partial charge in [0.25, 0.3) is 0 Å². The zero-order valence-corrected chi connectivity index (χ0v) is 13.6. The third kappa shape index (κ3) is 2.73. The van der Waals surface area contributed by atoms with E-state index in [1.807, 2.05) is 0 Å². The Hall–Kier alpha value is -2.24. The van der Waals surface area contributed by atoms with Gasteiger partial charge in [0.05, 0.1) is 35.2 Å². The Balaban J connectivity index is 2.29. The van der Waals surface area contributed by atoms with Crippen LogP contribution < -0.4 is 14.9 Å². The lowest BCUT2D eigenvalue weighted by Crippen LogP contribution is -2.08. The van der Waals surface area contributed by atoms with Crippen LogP contribution in [0.25, 0.3) is 21.8 Å². The van der Waals surface area contributed by atoms with E-state index < -0.39 is 0 Å². The molecule has 2 aromatic carbocycles. The first kappa shape index (κ1) is 15.6. The van der Waals surface area contributed by atoms with Crippen molar-refractivity contribution in [2.45, 2.75) is 0 Å². The van der Waals surface area contributed by atoms with Gasteiger partial charge >= 0.3 is 0 Å². The molecule has 1 N–H and O–H groups in total. The molecule has 0 unspecified atom stereocenters. The van der Waals surface area contributed by atoms with Crippen LogP contribution in [0.15, 0.2) is 35.1 Å². The van der Waals surface area contributed by atoms with Crippen LogP contribution in [0.2, 0.25) is 5.02 Å². The first-order chi connectivity index (χ1) is 11.2. The minimum Gasteiger partial charge on any atom is -0.493 e. The minimum absolute atomic E-state index is 0.0964. The molecule has 0 saturated carbocycles. The number of ether oxygens (including phenoxy) is 3. The average molecular weight is 334 g/mol. The fourth-order valence-corrected chi connectivity index (χ4v) is 2.78. The second-order valence-electron chi connectivity index (χ2n) is 4.98. The molecule has 3 rings (SSSR count). The third-order valence-corrected chi connectivity index (χ3v) is 3.92. The van der Waals surface area contributed by atoms with Gasteiger partial charge in [-0.2, -0.15) is 0 Å². The van der Waals surface area contributed by atoms with Gasteiger partial charge in [-0.15, -0.1) is 0 Å². The largest absolute Gasteiger partial charge is 0.493 e. The summed E-state index contributed by atoms with van der Waals surface area (Å²) in [6, 6.07) is 8.70. The lowest BCUT2D eigenvalue weighted by Gasteiger charge is -2.12. The van der Waals surface area contributed by atoms with Crippen molar-refractivity contribution in [3.05, 3.63) is 45.6 Å². The van der Waals surface area contributed by atoms with Gasteiger partial charge in [-0.1, -0.05) is 17.7 Å². The first-order valence-corrected chi connectivity index (χ1v) is 7.48. The molecule has 1 aromatic heterocycles. The van der Waals surface area contributed by atoms with Crippen LogP contribution in [-0.4, -0.2) is 32.4 Å². The van der Waals surface area contributed by atoms with E-state index in [4.69, 9.17) is 25.8 Å². The number of para-hydroxylation sites is 1. The van der Waals surface area contributed by atoms with Crippen LogP contribution in [0.1, 0.15) is 0 Å². The van der Waals surface area contributed by atoms with E-state index in [9.17, 15) is 4.79 Å². The van der Waals surface area contributed by atoms with Gasteiger partial charge in [0, 0.05) is 12.5 Å². The number of methoxy groups -OCH3 is 2. The molecule has 0 bridgehead atoms. The van der Waals surface area contributed by atoms with E-state index in [0.717, 1.165) is 0 Å². The van der Waals surface area contributed by atoms with Crippen LogP contribution in [0.3, 0.4) is 0 Å². The Kier molecular flexibility index (Phi) is 4.41. The Morgan fingerprint density at radius 1 is 1.04 bits per heavy atom. The number of H-pyrrole nitrogens is 1. The minimum atomic E-state index is -0.0964. The molecule has 0 aliphatic heterocycles. The van der Waals surface area contributed by atoms with Crippen molar-refractivity contribution in [1.82, 2.24) is 4.98 Å². The lowest BCUT2D eigenvalue weighted by molar-refractivity contribution is 0.147. The van der Waals surface area contributed by atoms with Gasteiger partial charge in [0.15, 0.2) is 11.2 Å². The van der Waals surface area contributed by atoms with Crippen LogP contribution in [-0.2, 0) is 4.74 Å². The molecular weight excluding hydrogens is 318 g/mol. The van der Waals surface area contributed by atoms with E-state index in [2.05, 4.69) is 4.98 Å². The normalized spacial score (nSPS) is 11.1. The standard InChI is InChI=1S/C17H16ClNO4/c1-21-8-9-23-13-5-3-4-10-14(13)19-15-11(16(10)20)6-7-12(18)17(15)22-2/h3-7H,8-9H2,1-2H3,(H,19,20). The number of aromatic nitrogens is 1. The maximum absolute atomic E-state index is 12.8. The fraction of sp³-hybridized carbons (Fsp3) is 0.235. The SMILES string of the molecule is COCCOc1cccc2c(=O)c3ccc(Cl)c(OC)c3[nH]c12. The summed E-state index contributed by atoms with van der Waals surface area (Å²) in [4.78, 5) is 16.0. The molecule has 0 radical (unpaired) electrons. The Bertz CT molecular complexity index is 920. The van der Waals surface area contributed by atoms with Crippen molar-refractivity contribution < 1.29 is 14.2 Å². The average Bonchev–Trinajstić information content (AvgIpc) is 2.56. The zero-order chi connectivity index (χ0) is 16.4. The molecule has 6 heteroatoms. The van der Waals surface area contributed by atoms with Gasteiger partial charge in [0.2, 0.25) is 0 Å². The van der Waals surface area contributed by atoms with Gasteiger partial charge in [-0.3, -0.25) is 4.79 Å². The van der Waals surface area contributed by atoms with Crippen LogP contribution >= 0.6 is 11.6 Å². The molecule has 0 fully saturated rings. The number of aromatic amines is 1. The molecule has 120 valence electrons. The van der Waals surface area contributed by atoms with Gasteiger partial charge in [0.1, 0.15) is 12.4 Å². The lowest BCUT2D eigenvalue weighted by atomic mass is 10.1. The highest BCUT2D eigenvalue weighted by Gasteiger charge is 2.14. The van der Waals surface area contributed by atoms with Crippen molar-refractivity contribution in [3.63, 3.8) is 0 Å². The Morgan fingerprint density at radius 2 is 1.83 bits per heavy atom. The summed E-state index contributed by atoms with van der Waals surface area (Å²) in [6.45, 7) is 0.853. The highest BCUT2D eigenvalue weighted by molar-refractivity contribution is 6.33. The molecule has 5 nitrogen and oxygen atoms in total. The topological polar surface area (TPSA) is 60.6 Å². The summed E-state index contributed by atoms with van der Waals surface area (Å²) in [5.41, 5.74) is 1.07. The molecule has 0 saturated heterocycles. The van der Waals surface area contributed by atoms with Gasteiger partial charge in [-0.25, -0.2) is 0 Å². The molecule has 3 aromatic rings. The maximum atomic E-state index is 12.8. The number of hydrogen-bond acceptors (Lipinski definition) is 4. The van der Waals surface area contributed by atoms with E-state index >= 15 is 0 Å². The Labute approximate surface area is 137 Å². The predicted octanol–water partition coefficient (Wildman–Crippen LogP) is 3.37. The molecule has 0 amide bonds. The molecular formula is C17H16ClNO4. The second kappa shape index (κ2) is 6.48. The predicted molar refractivity (Wildman–Crippen MR) is 91.0 cm³/mol.